The van der Waals surface area contributed by atoms with Gasteiger partial charge in [-0.3, -0.25) is 4.79 Å². The van der Waals surface area contributed by atoms with Gasteiger partial charge in [0.2, 0.25) is 5.91 Å². The van der Waals surface area contributed by atoms with E-state index in [-0.39, 0.29) is 18.1 Å². The molecule has 1 unspecified atom stereocenters. The van der Waals surface area contributed by atoms with Crippen molar-refractivity contribution in [3.8, 4) is 0 Å². The zero-order chi connectivity index (χ0) is 22.3. The summed E-state index contributed by atoms with van der Waals surface area (Å²) < 4.78 is 6.65. The predicted molar refractivity (Wildman–Crippen MR) is 129 cm³/mol. The lowest BCUT2D eigenvalue weighted by atomic mass is 10.1. The molecule has 170 valence electrons. The first-order chi connectivity index (χ1) is 15.6. The second-order valence-electron chi connectivity index (χ2n) is 8.16. The lowest BCUT2D eigenvalue weighted by Gasteiger charge is -2.31. The summed E-state index contributed by atoms with van der Waals surface area (Å²) in [5.74, 6) is 1.16. The summed E-state index contributed by atoms with van der Waals surface area (Å²) in [4.78, 5) is 23.6. The van der Waals surface area contributed by atoms with Crippen molar-refractivity contribution in [2.45, 2.75) is 29.9 Å². The van der Waals surface area contributed by atoms with Crippen LogP contribution in [0.5, 0.6) is 0 Å². The van der Waals surface area contributed by atoms with E-state index in [0.29, 0.717) is 18.8 Å². The molecule has 7 nitrogen and oxygen atoms in total. The number of aromatic nitrogens is 2. The average molecular weight is 454 g/mol. The Morgan fingerprint density at radius 2 is 2.09 bits per heavy atom. The van der Waals surface area contributed by atoms with Crippen LogP contribution in [0.4, 0.5) is 0 Å². The zero-order valence-corrected chi connectivity index (χ0v) is 19.2. The fourth-order valence-corrected chi connectivity index (χ4v) is 4.68. The number of carbonyl (C=O) groups is 1. The normalized spacial score (nSPS) is 16.3. The first-order valence-corrected chi connectivity index (χ1v) is 12.1. The van der Waals surface area contributed by atoms with Gasteiger partial charge in [-0.25, -0.2) is 4.98 Å². The van der Waals surface area contributed by atoms with Crippen LogP contribution in [0.15, 0.2) is 53.4 Å². The van der Waals surface area contributed by atoms with Gasteiger partial charge < -0.3 is 25.7 Å². The highest BCUT2D eigenvalue weighted by Crippen LogP contribution is 2.32. The number of ether oxygens (including phenoxy) is 1. The highest BCUT2D eigenvalue weighted by molar-refractivity contribution is 8.00. The van der Waals surface area contributed by atoms with Crippen molar-refractivity contribution in [2.24, 2.45) is 5.73 Å². The van der Waals surface area contributed by atoms with Crippen molar-refractivity contribution in [2.75, 3.05) is 39.0 Å². The van der Waals surface area contributed by atoms with Gasteiger partial charge in [-0.15, -0.1) is 11.8 Å². The molecule has 4 rings (SSSR count). The van der Waals surface area contributed by atoms with Gasteiger partial charge in [-0.1, -0.05) is 24.3 Å². The third-order valence-electron chi connectivity index (χ3n) is 5.65. The van der Waals surface area contributed by atoms with Gasteiger partial charge in [0.25, 0.3) is 0 Å². The summed E-state index contributed by atoms with van der Waals surface area (Å²) in [5.41, 5.74) is 8.43. The number of nitrogens with zero attached hydrogens (tertiary/aromatic N) is 2. The molecule has 8 heteroatoms. The molecule has 0 bridgehead atoms. The fraction of sp³-hybridized carbons (Fsp3) is 0.417. The number of nitrogens with one attached hydrogen (secondary N) is 2. The summed E-state index contributed by atoms with van der Waals surface area (Å²) in [6.45, 7) is 3.01. The number of hydrogen-bond acceptors (Lipinski definition) is 6. The van der Waals surface area contributed by atoms with Crippen LogP contribution in [-0.4, -0.2) is 65.9 Å². The zero-order valence-electron chi connectivity index (χ0n) is 18.4. The monoisotopic (exact) mass is 453 g/mol. The number of para-hydroxylation sites is 2. The number of thioether (sulfide) groups is 1. The Kier molecular flexibility index (Phi) is 7.81. The number of benzene rings is 2. The maximum Gasteiger partial charge on any atom is 0.230 e. The lowest BCUT2D eigenvalue weighted by molar-refractivity contribution is -0.118. The molecule has 1 aliphatic rings. The molecule has 0 aliphatic carbocycles. The molecule has 0 spiro atoms. The molecular formula is C24H31N5O2S. The minimum absolute atomic E-state index is 0.0118. The van der Waals surface area contributed by atoms with Crippen LogP contribution >= 0.6 is 11.8 Å². The number of aromatic amines is 1. The van der Waals surface area contributed by atoms with Crippen molar-refractivity contribution < 1.29 is 9.53 Å². The van der Waals surface area contributed by atoms with E-state index < -0.39 is 0 Å². The number of H-pyrrole nitrogens is 1. The Morgan fingerprint density at radius 1 is 1.28 bits per heavy atom. The van der Waals surface area contributed by atoms with Gasteiger partial charge in [-0.05, 0) is 49.7 Å². The van der Waals surface area contributed by atoms with Gasteiger partial charge in [0, 0.05) is 31.1 Å². The van der Waals surface area contributed by atoms with Gasteiger partial charge >= 0.3 is 0 Å². The van der Waals surface area contributed by atoms with Gasteiger partial charge in [0.15, 0.2) is 0 Å². The SMILES string of the molecule is CN1CCC(OC(c2cccc(SCC(=O)NCCN)c2)c2nc3ccccc3[nH]2)CC1. The van der Waals surface area contributed by atoms with Crippen LogP contribution in [0.3, 0.4) is 0 Å². The van der Waals surface area contributed by atoms with E-state index in [9.17, 15) is 4.79 Å². The molecule has 1 saturated heterocycles. The number of fused-ring (bicyclic) bond motifs is 1. The average Bonchev–Trinajstić information content (AvgIpc) is 3.25. The van der Waals surface area contributed by atoms with Crippen LogP contribution in [0.25, 0.3) is 11.0 Å². The third kappa shape index (κ3) is 5.89. The summed E-state index contributed by atoms with van der Waals surface area (Å²) in [6.07, 6.45) is 1.90. The fourth-order valence-electron chi connectivity index (χ4n) is 3.89. The first-order valence-electron chi connectivity index (χ1n) is 11.1. The van der Waals surface area contributed by atoms with E-state index in [1.165, 1.54) is 11.8 Å². The molecule has 1 aliphatic heterocycles. The van der Waals surface area contributed by atoms with E-state index >= 15 is 0 Å². The number of rotatable bonds is 9. The lowest BCUT2D eigenvalue weighted by Crippen LogP contribution is -2.35. The summed E-state index contributed by atoms with van der Waals surface area (Å²) >= 11 is 1.51. The molecule has 1 atom stereocenters. The number of piperidine rings is 1. The molecule has 1 aromatic heterocycles. The van der Waals surface area contributed by atoms with Crippen molar-refractivity contribution >= 4 is 28.7 Å². The van der Waals surface area contributed by atoms with Gasteiger partial charge in [0.05, 0.1) is 22.9 Å². The molecular weight excluding hydrogens is 422 g/mol. The van der Waals surface area contributed by atoms with Crippen LogP contribution in [0, 0.1) is 0 Å². The standard InChI is InChI=1S/C24H31N5O2S/c1-29-13-9-18(10-14-29)31-23(24-27-20-7-2-3-8-21(20)28-24)17-5-4-6-19(15-17)32-16-22(30)26-12-11-25/h2-8,15,18,23H,9-14,16,25H2,1H3,(H,26,30)(H,27,28). The van der Waals surface area contributed by atoms with Crippen molar-refractivity contribution in [1.82, 2.24) is 20.2 Å². The van der Waals surface area contributed by atoms with Crippen molar-refractivity contribution in [3.05, 3.63) is 59.9 Å². The second kappa shape index (κ2) is 11.0. The Labute approximate surface area is 193 Å². The molecule has 0 radical (unpaired) electrons. The summed E-state index contributed by atoms with van der Waals surface area (Å²) in [7, 11) is 2.15. The van der Waals surface area contributed by atoms with Crippen molar-refractivity contribution in [3.63, 3.8) is 0 Å². The molecule has 1 fully saturated rings. The summed E-state index contributed by atoms with van der Waals surface area (Å²) in [5, 5.41) is 2.81. The largest absolute Gasteiger partial charge is 0.362 e. The van der Waals surface area contributed by atoms with E-state index in [2.05, 4.69) is 34.4 Å². The number of nitrogens with two attached hydrogens (primary N) is 1. The minimum Gasteiger partial charge on any atom is -0.362 e. The Bertz CT molecular complexity index is 999. The van der Waals surface area contributed by atoms with Crippen LogP contribution in [0.1, 0.15) is 30.3 Å². The quantitative estimate of drug-likeness (QED) is 0.431. The van der Waals surface area contributed by atoms with Crippen molar-refractivity contribution in [1.29, 1.82) is 0 Å². The molecule has 0 saturated carbocycles. The first kappa shape index (κ1) is 22.8. The summed E-state index contributed by atoms with van der Waals surface area (Å²) in [6, 6.07) is 16.3. The minimum atomic E-state index is -0.289. The Morgan fingerprint density at radius 3 is 2.88 bits per heavy atom. The van der Waals surface area contributed by atoms with Crippen LogP contribution < -0.4 is 11.1 Å². The van der Waals surface area contributed by atoms with Crippen LogP contribution in [0.2, 0.25) is 0 Å². The molecule has 32 heavy (non-hydrogen) atoms. The van der Waals surface area contributed by atoms with Gasteiger partial charge in [0.1, 0.15) is 11.9 Å². The molecule has 4 N–H and O–H groups in total. The van der Waals surface area contributed by atoms with E-state index in [1.807, 2.05) is 36.4 Å². The number of imidazole rings is 1. The van der Waals surface area contributed by atoms with E-state index in [4.69, 9.17) is 15.5 Å². The maximum atomic E-state index is 12.0. The Balaban J connectivity index is 1.56. The van der Waals surface area contributed by atoms with Gasteiger partial charge in [-0.2, -0.15) is 0 Å². The maximum absolute atomic E-state index is 12.0. The van der Waals surface area contributed by atoms with Crippen LogP contribution in [-0.2, 0) is 9.53 Å². The highest BCUT2D eigenvalue weighted by atomic mass is 32.2. The molecule has 1 amide bonds. The Hall–Kier alpha value is -2.39. The second-order valence-corrected chi connectivity index (χ2v) is 9.21. The number of amides is 1. The number of carbonyl (C=O) groups excluding carboxylic acids is 1. The number of hydrogen-bond donors (Lipinski definition) is 3. The predicted octanol–water partition coefficient (Wildman–Crippen LogP) is 2.93. The molecule has 2 aromatic carbocycles. The highest BCUT2D eigenvalue weighted by Gasteiger charge is 2.26. The molecule has 2 heterocycles. The number of likely N-dealkylation sites (tertiary alicyclic amines) is 1. The smallest absolute Gasteiger partial charge is 0.230 e. The topological polar surface area (TPSA) is 96.3 Å². The molecule has 3 aromatic rings. The third-order valence-corrected chi connectivity index (χ3v) is 6.64. The van der Waals surface area contributed by atoms with E-state index in [0.717, 1.165) is 53.2 Å². The van der Waals surface area contributed by atoms with E-state index in [1.54, 1.807) is 0 Å².